The number of alkyl halides is 3. The van der Waals surface area contributed by atoms with Crippen molar-refractivity contribution >= 4 is 34.6 Å². The number of hydrogen-bond donors (Lipinski definition) is 1. The Labute approximate surface area is 226 Å². The smallest absolute Gasteiger partial charge is 0.430 e. The molecule has 4 saturated heterocycles. The van der Waals surface area contributed by atoms with Crippen LogP contribution in [0.3, 0.4) is 0 Å². The minimum atomic E-state index is -5.19. The van der Waals surface area contributed by atoms with Gasteiger partial charge in [0.25, 0.3) is 0 Å². The van der Waals surface area contributed by atoms with Crippen molar-refractivity contribution in [3.8, 4) is 0 Å². The summed E-state index contributed by atoms with van der Waals surface area (Å²) in [4.78, 5) is 23.4. The summed E-state index contributed by atoms with van der Waals surface area (Å²) >= 11 is 2.77. The number of ether oxygens (including phenoxy) is 3. The largest absolute Gasteiger partial charge is 0.542 e. The molecule has 210 valence electrons. The summed E-state index contributed by atoms with van der Waals surface area (Å²) < 4.78 is 49.8. The quantitative estimate of drug-likeness (QED) is 0.380. The minimum Gasteiger partial charge on any atom is -0.542 e. The van der Waals surface area contributed by atoms with E-state index in [0.29, 0.717) is 28.9 Å². The van der Waals surface area contributed by atoms with Crippen molar-refractivity contribution in [3.05, 3.63) is 44.8 Å². The van der Waals surface area contributed by atoms with E-state index < -0.39 is 23.7 Å². The van der Waals surface area contributed by atoms with E-state index in [1.165, 1.54) is 22.7 Å². The summed E-state index contributed by atoms with van der Waals surface area (Å²) in [5.74, 6) is -3.16. The molecule has 38 heavy (non-hydrogen) atoms. The van der Waals surface area contributed by atoms with Crippen molar-refractivity contribution in [3.63, 3.8) is 0 Å². The first-order valence-electron chi connectivity index (χ1n) is 12.4. The van der Waals surface area contributed by atoms with Crippen LogP contribution in [0.2, 0.25) is 0 Å². The Morgan fingerprint density at radius 3 is 2.11 bits per heavy atom. The van der Waals surface area contributed by atoms with E-state index in [-0.39, 0.29) is 12.4 Å². The van der Waals surface area contributed by atoms with Gasteiger partial charge in [-0.3, -0.25) is 0 Å². The van der Waals surface area contributed by atoms with E-state index in [1.807, 2.05) is 35.0 Å². The number of carboxylic acid groups (broad SMARTS) is 1. The zero-order valence-electron chi connectivity index (χ0n) is 20.6. The summed E-state index contributed by atoms with van der Waals surface area (Å²) in [5, 5.41) is 24.1. The van der Waals surface area contributed by atoms with E-state index >= 15 is 0 Å². The van der Waals surface area contributed by atoms with Gasteiger partial charge >= 0.3 is 12.1 Å². The Kier molecular flexibility index (Phi) is 9.15. The molecule has 1 N–H and O–H groups in total. The van der Waals surface area contributed by atoms with Crippen LogP contribution >= 0.6 is 22.7 Å². The molecule has 0 aliphatic carbocycles. The molecule has 6 rings (SSSR count). The van der Waals surface area contributed by atoms with Crippen molar-refractivity contribution < 1.29 is 51.7 Å². The van der Waals surface area contributed by atoms with E-state index in [0.717, 1.165) is 56.3 Å². The third-order valence-corrected chi connectivity index (χ3v) is 9.30. The fourth-order valence-electron chi connectivity index (χ4n) is 5.35. The van der Waals surface area contributed by atoms with Crippen molar-refractivity contribution in [2.45, 2.75) is 49.9 Å². The van der Waals surface area contributed by atoms with Crippen LogP contribution in [0.1, 0.15) is 35.4 Å². The molecular formula is C25H30F3NO7S2. The van der Waals surface area contributed by atoms with Gasteiger partial charge in [0.15, 0.2) is 12.4 Å². The maximum Gasteiger partial charge on any atom is 0.430 e. The van der Waals surface area contributed by atoms with Crippen LogP contribution in [-0.2, 0) is 29.4 Å². The highest BCUT2D eigenvalue weighted by atomic mass is 32.1. The first-order valence-corrected chi connectivity index (χ1v) is 14.2. The van der Waals surface area contributed by atoms with Gasteiger partial charge in [-0.05, 0) is 22.9 Å². The van der Waals surface area contributed by atoms with Crippen LogP contribution in [0.4, 0.5) is 13.2 Å². The molecule has 4 aliphatic heterocycles. The van der Waals surface area contributed by atoms with E-state index in [2.05, 4.69) is 0 Å². The maximum atomic E-state index is 13.4. The monoisotopic (exact) mass is 577 g/mol. The molecule has 4 fully saturated rings. The molecule has 0 aromatic carbocycles. The summed E-state index contributed by atoms with van der Waals surface area (Å²) in [7, 11) is 0. The summed E-state index contributed by atoms with van der Waals surface area (Å²) in [6.45, 7) is 5.58. The number of carbonyl (C=O) groups excluding carboxylic acids is 2. The zero-order chi connectivity index (χ0) is 27.4. The van der Waals surface area contributed by atoms with Crippen molar-refractivity contribution in [1.29, 1.82) is 0 Å². The molecule has 4 aliphatic rings. The lowest BCUT2D eigenvalue weighted by Gasteiger charge is -2.52. The average molecular weight is 578 g/mol. The Balaban J connectivity index is 0.000000426. The van der Waals surface area contributed by atoms with Crippen molar-refractivity contribution in [2.24, 2.45) is 5.92 Å². The number of aliphatic carboxylic acids is 1. The number of quaternary nitrogens is 1. The van der Waals surface area contributed by atoms with Gasteiger partial charge < -0.3 is 33.7 Å². The lowest BCUT2D eigenvalue weighted by Crippen LogP contribution is -2.65. The Morgan fingerprint density at radius 2 is 1.63 bits per heavy atom. The van der Waals surface area contributed by atoms with Gasteiger partial charge in [0.2, 0.25) is 5.60 Å². The zero-order valence-corrected chi connectivity index (χ0v) is 22.2. The number of carboxylic acids is 1. The molecule has 2 aromatic rings. The number of carbonyl (C=O) groups is 2. The molecule has 0 unspecified atom stereocenters. The highest BCUT2D eigenvalue weighted by Gasteiger charge is 2.51. The normalized spacial score (nSPS) is 25.6. The summed E-state index contributed by atoms with van der Waals surface area (Å²) in [6, 6.07) is 7.34. The second-order valence-electron chi connectivity index (χ2n) is 9.74. The number of fused-ring (bicyclic) bond motifs is 3. The first-order chi connectivity index (χ1) is 18.0. The van der Waals surface area contributed by atoms with Crippen LogP contribution in [0.15, 0.2) is 35.0 Å². The van der Waals surface area contributed by atoms with Crippen molar-refractivity contribution in [1.82, 2.24) is 0 Å². The van der Waals surface area contributed by atoms with Crippen molar-refractivity contribution in [2.75, 3.05) is 39.4 Å². The van der Waals surface area contributed by atoms with Crippen LogP contribution in [0.25, 0.3) is 0 Å². The molecule has 2 aromatic heterocycles. The molecule has 0 amide bonds. The number of thiophene rings is 2. The molecule has 13 heteroatoms. The highest BCUT2D eigenvalue weighted by molar-refractivity contribution is 7.12. The van der Waals surface area contributed by atoms with Crippen LogP contribution in [-0.4, -0.2) is 79.5 Å². The SMILES string of the molecule is O=C(O[C@H]1C[N+]2(CCCC3OCCO3)CCC1CC2)C(O)(c1cccs1)c1cccs1.O=C([O-])C(F)(F)F. The van der Waals surface area contributed by atoms with Crippen LogP contribution < -0.4 is 5.11 Å². The fraction of sp³-hybridized carbons (Fsp3) is 0.600. The second kappa shape index (κ2) is 12.0. The van der Waals surface area contributed by atoms with Crippen LogP contribution in [0.5, 0.6) is 0 Å². The van der Waals surface area contributed by atoms with Gasteiger partial charge in [-0.1, -0.05) is 12.1 Å². The van der Waals surface area contributed by atoms with E-state index in [4.69, 9.17) is 24.1 Å². The number of rotatable bonds is 8. The molecular weight excluding hydrogens is 547 g/mol. The number of hydrogen-bond acceptors (Lipinski definition) is 9. The van der Waals surface area contributed by atoms with Gasteiger partial charge in [0, 0.05) is 31.6 Å². The van der Waals surface area contributed by atoms with Gasteiger partial charge in [0.1, 0.15) is 12.5 Å². The lowest BCUT2D eigenvalue weighted by atomic mass is 9.83. The Hall–Kier alpha value is -2.03. The number of esters is 1. The molecule has 0 saturated carbocycles. The Morgan fingerprint density at radius 1 is 1.08 bits per heavy atom. The average Bonchev–Trinajstić information content (AvgIpc) is 3.68. The van der Waals surface area contributed by atoms with Gasteiger partial charge in [-0.25, -0.2) is 4.79 Å². The maximum absolute atomic E-state index is 13.4. The topological polar surface area (TPSA) is 105 Å². The number of nitrogens with zero attached hydrogens (tertiary/aromatic N) is 1. The number of aliphatic hydroxyl groups is 1. The van der Waals surface area contributed by atoms with E-state index in [9.17, 15) is 23.1 Å². The fourth-order valence-corrected chi connectivity index (χ4v) is 7.06. The molecule has 0 spiro atoms. The number of piperidine rings is 3. The van der Waals surface area contributed by atoms with Gasteiger partial charge in [-0.15, -0.1) is 22.7 Å². The minimum absolute atomic E-state index is 0.0549. The molecule has 6 heterocycles. The summed E-state index contributed by atoms with van der Waals surface area (Å²) in [5.41, 5.74) is -1.73. The third-order valence-electron chi connectivity index (χ3n) is 7.35. The summed E-state index contributed by atoms with van der Waals surface area (Å²) in [6.07, 6.45) is -1.27. The lowest BCUT2D eigenvalue weighted by molar-refractivity contribution is -0.946. The predicted molar refractivity (Wildman–Crippen MR) is 130 cm³/mol. The molecule has 0 radical (unpaired) electrons. The number of halogens is 3. The van der Waals surface area contributed by atoms with E-state index in [1.54, 1.807) is 0 Å². The molecule has 2 bridgehead atoms. The second-order valence-corrected chi connectivity index (χ2v) is 11.6. The molecule has 8 nitrogen and oxygen atoms in total. The first kappa shape index (κ1) is 29.0. The molecule has 1 atom stereocenters. The highest BCUT2D eigenvalue weighted by Crippen LogP contribution is 2.40. The third kappa shape index (κ3) is 6.57. The van der Waals surface area contributed by atoms with Gasteiger partial charge in [0.05, 0.1) is 42.6 Å². The Bertz CT molecular complexity index is 1010. The standard InChI is InChI=1S/C23H30NO5S2.C2HF3O2/c25-22(23(26,19-4-2-14-30-19)20-5-3-15-31-20)29-18-16-24(10-7-17(18)8-11-24)9-1-6-21-27-12-13-28-21;3-2(4,5)1(6)7/h2-5,14-15,17-18,21,26H,1,6-13,16H2;(H,6,7)/q+1;/p-1/t17?,18-,24?;/m0./s1. The van der Waals surface area contributed by atoms with Crippen LogP contribution in [0, 0.1) is 5.92 Å². The van der Waals surface area contributed by atoms with Gasteiger partial charge in [-0.2, -0.15) is 13.2 Å². The predicted octanol–water partition coefficient (Wildman–Crippen LogP) is 2.65.